The molecule has 2 N–H and O–H groups in total. The Morgan fingerprint density at radius 3 is 2.95 bits per heavy atom. The number of halogens is 1. The first-order valence-corrected chi connectivity index (χ1v) is 6.85. The van der Waals surface area contributed by atoms with E-state index in [2.05, 4.69) is 10.6 Å². The Hall–Kier alpha value is -1.36. The first-order chi connectivity index (χ1) is 8.91. The highest BCUT2D eigenvalue weighted by atomic mass is 32.1. The minimum absolute atomic E-state index is 0.0407. The summed E-state index contributed by atoms with van der Waals surface area (Å²) in [5.41, 5.74) is 0.518. The van der Waals surface area contributed by atoms with E-state index < -0.39 is 0 Å². The summed E-state index contributed by atoms with van der Waals surface area (Å²) in [7, 11) is 0. The van der Waals surface area contributed by atoms with Crippen molar-refractivity contribution in [3.05, 3.63) is 29.6 Å². The molecule has 1 aromatic carbocycles. The van der Waals surface area contributed by atoms with Crippen LogP contribution in [0.15, 0.2) is 18.2 Å². The standard InChI is InChI=1S/C14H19FN2OS/c1-4-16-13(19)17-11-8-14(2,3)18-12-6-5-9(15)7-10(11)12/h5-7,11H,4,8H2,1-3H3,(H2,16,17,19). The molecule has 104 valence electrons. The van der Waals surface area contributed by atoms with Crippen LogP contribution in [0.2, 0.25) is 0 Å². The minimum atomic E-state index is -0.301. The predicted octanol–water partition coefficient (Wildman–Crippen LogP) is 2.91. The molecular weight excluding hydrogens is 263 g/mol. The van der Waals surface area contributed by atoms with Crippen LogP contribution in [0.5, 0.6) is 5.75 Å². The Bertz CT molecular complexity index is 490. The fraction of sp³-hybridized carbons (Fsp3) is 0.500. The summed E-state index contributed by atoms with van der Waals surface area (Å²) in [6.45, 7) is 6.78. The first kappa shape index (κ1) is 14.1. The van der Waals surface area contributed by atoms with Crippen molar-refractivity contribution in [2.45, 2.75) is 38.8 Å². The molecule has 0 amide bonds. The topological polar surface area (TPSA) is 33.3 Å². The molecule has 0 radical (unpaired) electrons. The summed E-state index contributed by atoms with van der Waals surface area (Å²) in [5.74, 6) is 0.456. The van der Waals surface area contributed by atoms with E-state index in [0.29, 0.717) is 5.11 Å². The molecule has 0 bridgehead atoms. The van der Waals surface area contributed by atoms with Crippen LogP contribution >= 0.6 is 12.2 Å². The van der Waals surface area contributed by atoms with Gasteiger partial charge in [-0.25, -0.2) is 4.39 Å². The average Bonchev–Trinajstić information content (AvgIpc) is 2.29. The Balaban J connectivity index is 2.28. The van der Waals surface area contributed by atoms with Gasteiger partial charge in [0.1, 0.15) is 17.2 Å². The fourth-order valence-electron chi connectivity index (χ4n) is 2.32. The maximum Gasteiger partial charge on any atom is 0.166 e. The van der Waals surface area contributed by atoms with Gasteiger partial charge in [0.2, 0.25) is 0 Å². The van der Waals surface area contributed by atoms with Crippen LogP contribution < -0.4 is 15.4 Å². The van der Waals surface area contributed by atoms with Crippen LogP contribution in [0.25, 0.3) is 0 Å². The van der Waals surface area contributed by atoms with Gasteiger partial charge in [0.25, 0.3) is 0 Å². The van der Waals surface area contributed by atoms with Crippen LogP contribution in [0.3, 0.4) is 0 Å². The van der Waals surface area contributed by atoms with Crippen molar-refractivity contribution in [3.8, 4) is 5.75 Å². The van der Waals surface area contributed by atoms with E-state index in [1.165, 1.54) is 12.1 Å². The van der Waals surface area contributed by atoms with Gasteiger partial charge in [-0.2, -0.15) is 0 Å². The lowest BCUT2D eigenvalue weighted by atomic mass is 9.90. The van der Waals surface area contributed by atoms with Crippen LogP contribution in [-0.4, -0.2) is 17.3 Å². The van der Waals surface area contributed by atoms with Gasteiger partial charge < -0.3 is 15.4 Å². The molecule has 0 saturated carbocycles. The fourth-order valence-corrected chi connectivity index (χ4v) is 2.61. The van der Waals surface area contributed by atoms with Gasteiger partial charge in [0.15, 0.2) is 5.11 Å². The third-order valence-electron chi connectivity index (χ3n) is 3.07. The predicted molar refractivity (Wildman–Crippen MR) is 77.9 cm³/mol. The zero-order valence-corrected chi connectivity index (χ0v) is 12.2. The molecule has 1 aliphatic rings. The monoisotopic (exact) mass is 282 g/mol. The summed E-state index contributed by atoms with van der Waals surface area (Å²) in [6, 6.07) is 4.56. The zero-order chi connectivity index (χ0) is 14.0. The van der Waals surface area contributed by atoms with E-state index in [-0.39, 0.29) is 17.5 Å². The lowest BCUT2D eigenvalue weighted by molar-refractivity contribution is 0.0692. The van der Waals surface area contributed by atoms with Gasteiger partial charge in [0, 0.05) is 18.5 Å². The Morgan fingerprint density at radius 2 is 2.26 bits per heavy atom. The average molecular weight is 282 g/mol. The third-order valence-corrected chi connectivity index (χ3v) is 3.33. The summed E-state index contributed by atoms with van der Waals surface area (Å²) in [5, 5.41) is 6.87. The van der Waals surface area contributed by atoms with Gasteiger partial charge in [-0.05, 0) is 51.2 Å². The normalized spacial score (nSPS) is 20.1. The highest BCUT2D eigenvalue weighted by molar-refractivity contribution is 7.80. The summed E-state index contributed by atoms with van der Waals surface area (Å²) >= 11 is 5.21. The molecule has 1 atom stereocenters. The summed E-state index contributed by atoms with van der Waals surface area (Å²) < 4.78 is 19.3. The molecule has 0 aromatic heterocycles. The van der Waals surface area contributed by atoms with Crippen LogP contribution in [-0.2, 0) is 0 Å². The Morgan fingerprint density at radius 1 is 1.53 bits per heavy atom. The van der Waals surface area contributed by atoms with Crippen molar-refractivity contribution in [2.75, 3.05) is 6.54 Å². The van der Waals surface area contributed by atoms with Gasteiger partial charge in [-0.15, -0.1) is 0 Å². The largest absolute Gasteiger partial charge is 0.487 e. The van der Waals surface area contributed by atoms with Crippen LogP contribution in [0.1, 0.15) is 38.8 Å². The van der Waals surface area contributed by atoms with Crippen LogP contribution in [0.4, 0.5) is 4.39 Å². The van der Waals surface area contributed by atoms with Gasteiger partial charge in [-0.3, -0.25) is 0 Å². The number of benzene rings is 1. The number of thiocarbonyl (C=S) groups is 1. The maximum atomic E-state index is 13.4. The molecule has 0 saturated heterocycles. The molecule has 5 heteroatoms. The van der Waals surface area contributed by atoms with E-state index in [9.17, 15) is 4.39 Å². The Kier molecular flexibility index (Phi) is 3.94. The molecular formula is C14H19FN2OS. The molecule has 1 aromatic rings. The minimum Gasteiger partial charge on any atom is -0.487 e. The molecule has 1 aliphatic heterocycles. The molecule has 3 nitrogen and oxygen atoms in total. The molecule has 1 unspecified atom stereocenters. The molecule has 1 heterocycles. The second kappa shape index (κ2) is 5.33. The summed E-state index contributed by atoms with van der Waals surface area (Å²) in [4.78, 5) is 0. The van der Waals surface area contributed by atoms with Crippen molar-refractivity contribution in [2.24, 2.45) is 0 Å². The quantitative estimate of drug-likeness (QED) is 0.817. The Labute approximate surface area is 118 Å². The van der Waals surface area contributed by atoms with Gasteiger partial charge >= 0.3 is 0 Å². The second-order valence-corrected chi connectivity index (χ2v) is 5.71. The maximum absolute atomic E-state index is 13.4. The lowest BCUT2D eigenvalue weighted by Gasteiger charge is -2.38. The highest BCUT2D eigenvalue weighted by Gasteiger charge is 2.34. The molecule has 0 fully saturated rings. The van der Waals surface area contributed by atoms with Gasteiger partial charge in [-0.1, -0.05) is 0 Å². The number of fused-ring (bicyclic) bond motifs is 1. The molecule has 2 rings (SSSR count). The van der Waals surface area contributed by atoms with E-state index in [1.54, 1.807) is 6.07 Å². The van der Waals surface area contributed by atoms with E-state index in [1.807, 2.05) is 20.8 Å². The second-order valence-electron chi connectivity index (χ2n) is 5.30. The van der Waals surface area contributed by atoms with Crippen LogP contribution in [0, 0.1) is 5.82 Å². The van der Waals surface area contributed by atoms with Crippen molar-refractivity contribution in [1.29, 1.82) is 0 Å². The van der Waals surface area contributed by atoms with Gasteiger partial charge in [0.05, 0.1) is 6.04 Å². The van der Waals surface area contributed by atoms with E-state index in [0.717, 1.165) is 24.3 Å². The zero-order valence-electron chi connectivity index (χ0n) is 11.4. The molecule has 0 aliphatic carbocycles. The SMILES string of the molecule is CCNC(=S)NC1CC(C)(C)Oc2ccc(F)cc21. The smallest absolute Gasteiger partial charge is 0.166 e. The van der Waals surface area contributed by atoms with Crippen molar-refractivity contribution in [1.82, 2.24) is 10.6 Å². The van der Waals surface area contributed by atoms with Crippen molar-refractivity contribution in [3.63, 3.8) is 0 Å². The number of rotatable bonds is 2. The first-order valence-electron chi connectivity index (χ1n) is 6.44. The number of hydrogen-bond donors (Lipinski definition) is 2. The number of ether oxygens (including phenoxy) is 1. The molecule has 0 spiro atoms. The third kappa shape index (κ3) is 3.35. The lowest BCUT2D eigenvalue weighted by Crippen LogP contribution is -2.44. The number of hydrogen-bond acceptors (Lipinski definition) is 2. The summed E-state index contributed by atoms with van der Waals surface area (Å²) in [6.07, 6.45) is 0.731. The number of nitrogens with one attached hydrogen (secondary N) is 2. The van der Waals surface area contributed by atoms with Crippen molar-refractivity contribution < 1.29 is 9.13 Å². The van der Waals surface area contributed by atoms with E-state index >= 15 is 0 Å². The molecule has 19 heavy (non-hydrogen) atoms. The van der Waals surface area contributed by atoms with E-state index in [4.69, 9.17) is 17.0 Å². The highest BCUT2D eigenvalue weighted by Crippen LogP contribution is 2.39. The van der Waals surface area contributed by atoms with Crippen molar-refractivity contribution >= 4 is 17.3 Å².